The molecule has 74 valence electrons. The summed E-state index contributed by atoms with van der Waals surface area (Å²) >= 11 is 0. The number of rotatable bonds is 3. The second-order valence-electron chi connectivity index (χ2n) is 2.49. The van der Waals surface area contributed by atoms with E-state index < -0.39 is 24.0 Å². The van der Waals surface area contributed by atoms with Gasteiger partial charge in [0.05, 0.1) is 0 Å². The number of amides is 1. The smallest absolute Gasteiger partial charge is 0.322 e. The van der Waals surface area contributed by atoms with E-state index in [9.17, 15) is 14.4 Å². The monoisotopic (exact) mass is 196 g/mol. The average Bonchev–Trinajstić information content (AvgIpc) is 2.15. The molecule has 6 nitrogen and oxygen atoms in total. The molecule has 0 saturated carbocycles. The first-order chi connectivity index (χ1) is 6.61. The highest BCUT2D eigenvalue weighted by atomic mass is 16.4. The highest BCUT2D eigenvalue weighted by Crippen LogP contribution is 1.88. The first-order valence-electron chi connectivity index (χ1n) is 3.79. The molecule has 14 heavy (non-hydrogen) atoms. The quantitative estimate of drug-likeness (QED) is 0.588. The summed E-state index contributed by atoms with van der Waals surface area (Å²) < 4.78 is 0. The van der Waals surface area contributed by atoms with E-state index in [4.69, 9.17) is 5.11 Å². The maximum absolute atomic E-state index is 11.2. The standard InChI is InChI=1S/C8H8N2O4/c11-6(12)4-10-8(14)5-2-1-3-9-7(5)13/h1-3H,4H2,(H,9,13)(H,10,14)(H,11,12). The van der Waals surface area contributed by atoms with Crippen molar-refractivity contribution >= 4 is 11.9 Å². The van der Waals surface area contributed by atoms with E-state index in [1.165, 1.54) is 18.3 Å². The van der Waals surface area contributed by atoms with E-state index in [0.717, 1.165) is 0 Å². The summed E-state index contributed by atoms with van der Waals surface area (Å²) in [5.74, 6) is -1.86. The Morgan fingerprint density at radius 3 is 2.79 bits per heavy atom. The summed E-state index contributed by atoms with van der Waals surface area (Å²) in [6.45, 7) is -0.507. The third-order valence-electron chi connectivity index (χ3n) is 1.46. The molecule has 0 aliphatic carbocycles. The number of aromatic nitrogens is 1. The van der Waals surface area contributed by atoms with Crippen LogP contribution in [0.25, 0.3) is 0 Å². The highest BCUT2D eigenvalue weighted by Gasteiger charge is 2.09. The molecule has 0 unspecified atom stereocenters. The number of hydrogen-bond donors (Lipinski definition) is 3. The van der Waals surface area contributed by atoms with Gasteiger partial charge in [-0.25, -0.2) is 0 Å². The predicted molar refractivity (Wildman–Crippen MR) is 47.0 cm³/mol. The van der Waals surface area contributed by atoms with Crippen molar-refractivity contribution in [2.75, 3.05) is 6.54 Å². The van der Waals surface area contributed by atoms with Gasteiger partial charge in [-0.15, -0.1) is 0 Å². The van der Waals surface area contributed by atoms with Crippen molar-refractivity contribution in [3.63, 3.8) is 0 Å². The molecule has 1 aromatic rings. The minimum absolute atomic E-state index is 0.103. The number of carbonyl (C=O) groups is 2. The van der Waals surface area contributed by atoms with Crippen molar-refractivity contribution in [1.82, 2.24) is 10.3 Å². The summed E-state index contributed by atoms with van der Waals surface area (Å²) in [7, 11) is 0. The van der Waals surface area contributed by atoms with Crippen LogP contribution in [0.3, 0.4) is 0 Å². The number of aliphatic carboxylic acids is 1. The van der Waals surface area contributed by atoms with Crippen LogP contribution in [0.5, 0.6) is 0 Å². The van der Waals surface area contributed by atoms with Crippen LogP contribution in [0.2, 0.25) is 0 Å². The minimum atomic E-state index is -1.16. The highest BCUT2D eigenvalue weighted by molar-refractivity contribution is 5.95. The van der Waals surface area contributed by atoms with Crippen molar-refractivity contribution in [2.24, 2.45) is 0 Å². The average molecular weight is 196 g/mol. The Kier molecular flexibility index (Phi) is 3.01. The summed E-state index contributed by atoms with van der Waals surface area (Å²) in [5.41, 5.74) is -0.649. The topological polar surface area (TPSA) is 99.3 Å². The largest absolute Gasteiger partial charge is 0.480 e. The van der Waals surface area contributed by atoms with E-state index in [2.05, 4.69) is 10.3 Å². The van der Waals surface area contributed by atoms with Crippen molar-refractivity contribution in [3.05, 3.63) is 34.2 Å². The van der Waals surface area contributed by atoms with Gasteiger partial charge in [-0.05, 0) is 12.1 Å². The van der Waals surface area contributed by atoms with Crippen LogP contribution in [-0.4, -0.2) is 28.5 Å². The van der Waals surface area contributed by atoms with Gasteiger partial charge < -0.3 is 15.4 Å². The summed E-state index contributed by atoms with van der Waals surface area (Å²) in [5, 5.41) is 10.4. The Morgan fingerprint density at radius 1 is 1.50 bits per heavy atom. The van der Waals surface area contributed by atoms with Gasteiger partial charge in [-0.3, -0.25) is 14.4 Å². The molecule has 0 fully saturated rings. The van der Waals surface area contributed by atoms with Crippen molar-refractivity contribution in [1.29, 1.82) is 0 Å². The number of carboxylic acids is 1. The molecule has 1 heterocycles. The molecule has 6 heteroatoms. The fraction of sp³-hybridized carbons (Fsp3) is 0.125. The van der Waals surface area contributed by atoms with E-state index in [1.807, 2.05) is 0 Å². The van der Waals surface area contributed by atoms with Crippen LogP contribution >= 0.6 is 0 Å². The Bertz CT molecular complexity index is 410. The molecule has 0 saturated heterocycles. The molecule has 0 aliphatic heterocycles. The van der Waals surface area contributed by atoms with Crippen LogP contribution in [-0.2, 0) is 4.79 Å². The predicted octanol–water partition coefficient (Wildman–Crippen LogP) is -0.811. The zero-order valence-corrected chi connectivity index (χ0v) is 7.11. The fourth-order valence-electron chi connectivity index (χ4n) is 0.851. The zero-order valence-electron chi connectivity index (χ0n) is 7.11. The maximum atomic E-state index is 11.2. The molecule has 1 amide bonds. The van der Waals surface area contributed by atoms with Crippen LogP contribution < -0.4 is 10.9 Å². The van der Waals surface area contributed by atoms with E-state index in [-0.39, 0.29) is 5.56 Å². The van der Waals surface area contributed by atoms with Crippen LogP contribution in [0.4, 0.5) is 0 Å². The summed E-state index contributed by atoms with van der Waals surface area (Å²) in [4.78, 5) is 34.6. The van der Waals surface area contributed by atoms with E-state index in [1.54, 1.807) is 0 Å². The molecule has 0 aliphatic rings. The van der Waals surface area contributed by atoms with E-state index >= 15 is 0 Å². The molecule has 0 atom stereocenters. The minimum Gasteiger partial charge on any atom is -0.480 e. The first-order valence-corrected chi connectivity index (χ1v) is 3.79. The zero-order chi connectivity index (χ0) is 10.6. The van der Waals surface area contributed by atoms with Gasteiger partial charge >= 0.3 is 5.97 Å². The first kappa shape index (κ1) is 9.97. The summed E-state index contributed by atoms with van der Waals surface area (Å²) in [6, 6.07) is 2.80. The SMILES string of the molecule is O=C(O)CNC(=O)c1ccc[nH]c1=O. The molecule has 1 rings (SSSR count). The van der Waals surface area contributed by atoms with Gasteiger partial charge in [0, 0.05) is 6.20 Å². The Balaban J connectivity index is 2.75. The van der Waals surface area contributed by atoms with Gasteiger partial charge in [0.15, 0.2) is 0 Å². The second-order valence-corrected chi connectivity index (χ2v) is 2.49. The fourth-order valence-corrected chi connectivity index (χ4v) is 0.851. The molecular weight excluding hydrogens is 188 g/mol. The van der Waals surface area contributed by atoms with Crippen molar-refractivity contribution < 1.29 is 14.7 Å². The Hall–Kier alpha value is -2.11. The Labute approximate surface area is 78.6 Å². The number of carbonyl (C=O) groups excluding carboxylic acids is 1. The molecule has 0 spiro atoms. The van der Waals surface area contributed by atoms with Crippen LogP contribution in [0, 0.1) is 0 Å². The lowest BCUT2D eigenvalue weighted by atomic mass is 10.2. The molecule has 0 radical (unpaired) electrons. The molecule has 0 bridgehead atoms. The molecule has 1 aromatic heterocycles. The third-order valence-corrected chi connectivity index (χ3v) is 1.46. The van der Waals surface area contributed by atoms with E-state index in [0.29, 0.717) is 0 Å². The number of nitrogens with one attached hydrogen (secondary N) is 2. The van der Waals surface area contributed by atoms with Crippen LogP contribution in [0.1, 0.15) is 10.4 Å². The van der Waals surface area contributed by atoms with Gasteiger partial charge in [0.2, 0.25) is 0 Å². The van der Waals surface area contributed by atoms with Gasteiger partial charge in [-0.2, -0.15) is 0 Å². The lowest BCUT2D eigenvalue weighted by molar-refractivity contribution is -0.135. The number of H-pyrrole nitrogens is 1. The van der Waals surface area contributed by atoms with Crippen molar-refractivity contribution in [3.8, 4) is 0 Å². The lowest BCUT2D eigenvalue weighted by Gasteiger charge is -1.99. The second kappa shape index (κ2) is 4.22. The normalized spacial score (nSPS) is 9.43. The molecule has 0 aromatic carbocycles. The third kappa shape index (κ3) is 2.44. The molecular formula is C8H8N2O4. The molecule has 3 N–H and O–H groups in total. The number of hydrogen-bond acceptors (Lipinski definition) is 3. The maximum Gasteiger partial charge on any atom is 0.322 e. The number of aromatic amines is 1. The van der Waals surface area contributed by atoms with Crippen molar-refractivity contribution in [2.45, 2.75) is 0 Å². The number of pyridine rings is 1. The van der Waals surface area contributed by atoms with Gasteiger partial charge in [0.1, 0.15) is 12.1 Å². The lowest BCUT2D eigenvalue weighted by Crippen LogP contribution is -2.33. The Morgan fingerprint density at radius 2 is 2.21 bits per heavy atom. The van der Waals surface area contributed by atoms with Gasteiger partial charge in [-0.1, -0.05) is 0 Å². The summed E-state index contributed by atoms with van der Waals surface area (Å²) in [6.07, 6.45) is 1.39. The number of carboxylic acid groups (broad SMARTS) is 1. The van der Waals surface area contributed by atoms with Crippen LogP contribution in [0.15, 0.2) is 23.1 Å². The van der Waals surface area contributed by atoms with Gasteiger partial charge in [0.25, 0.3) is 11.5 Å².